The number of hydrogen-bond acceptors (Lipinski definition) is 3. The highest BCUT2D eigenvalue weighted by Gasteiger charge is 2.25. The van der Waals surface area contributed by atoms with Gasteiger partial charge in [0.25, 0.3) is 0 Å². The smallest absolute Gasteiger partial charge is 0.214 e. The molecule has 4 nitrogen and oxygen atoms in total. The fraction of sp³-hybridized carbons (Fsp3) is 0.538. The van der Waals surface area contributed by atoms with Gasteiger partial charge in [0.15, 0.2) is 0 Å². The van der Waals surface area contributed by atoms with Crippen molar-refractivity contribution in [2.24, 2.45) is 0 Å². The summed E-state index contributed by atoms with van der Waals surface area (Å²) in [6.45, 7) is 0.651. The quantitative estimate of drug-likeness (QED) is 0.819. The van der Waals surface area contributed by atoms with E-state index in [1.165, 1.54) is 0 Å². The summed E-state index contributed by atoms with van der Waals surface area (Å²) >= 11 is 5.87. The van der Waals surface area contributed by atoms with Gasteiger partial charge < -0.3 is 4.74 Å². The van der Waals surface area contributed by atoms with Crippen molar-refractivity contribution in [2.75, 3.05) is 18.2 Å². The molecule has 0 bridgehead atoms. The second-order valence-corrected chi connectivity index (χ2v) is 6.76. The summed E-state index contributed by atoms with van der Waals surface area (Å²) in [6.07, 6.45) is 1.54. The molecule has 0 spiro atoms. The number of sulfonamides is 1. The molecule has 2 rings (SSSR count). The van der Waals surface area contributed by atoms with Gasteiger partial charge in [-0.25, -0.2) is 13.1 Å². The lowest BCUT2D eigenvalue weighted by atomic mass is 10.1. The Morgan fingerprint density at radius 2 is 2.11 bits per heavy atom. The van der Waals surface area contributed by atoms with Crippen molar-refractivity contribution in [1.29, 1.82) is 0 Å². The van der Waals surface area contributed by atoms with Gasteiger partial charge in [0, 0.05) is 12.5 Å². The zero-order valence-corrected chi connectivity index (χ0v) is 12.2. The van der Waals surface area contributed by atoms with Crippen LogP contribution < -0.4 is 4.72 Å². The van der Waals surface area contributed by atoms with Gasteiger partial charge in [0.2, 0.25) is 10.0 Å². The van der Waals surface area contributed by atoms with Crippen molar-refractivity contribution >= 4 is 21.6 Å². The molecule has 1 aliphatic heterocycles. The van der Waals surface area contributed by atoms with Crippen molar-refractivity contribution in [3.8, 4) is 0 Å². The first-order valence-electron chi connectivity index (χ1n) is 6.33. The van der Waals surface area contributed by atoms with E-state index in [0.29, 0.717) is 6.61 Å². The molecule has 0 amide bonds. The molecule has 1 aliphatic rings. The summed E-state index contributed by atoms with van der Waals surface area (Å²) in [5, 5.41) is 0. The second kappa shape index (κ2) is 6.70. The average Bonchev–Trinajstić information content (AvgIpc) is 2.89. The minimum absolute atomic E-state index is 0.00717. The highest BCUT2D eigenvalue weighted by Crippen LogP contribution is 2.18. The normalized spacial score (nSPS) is 21.4. The van der Waals surface area contributed by atoms with E-state index >= 15 is 0 Å². The number of nitrogens with one attached hydrogen (secondary N) is 1. The number of alkyl halides is 1. The van der Waals surface area contributed by atoms with Crippen LogP contribution in [0.1, 0.15) is 24.4 Å². The molecular formula is C13H18ClNO3S. The van der Waals surface area contributed by atoms with Crippen LogP contribution in [0.3, 0.4) is 0 Å². The van der Waals surface area contributed by atoms with Gasteiger partial charge in [-0.05, 0) is 18.4 Å². The van der Waals surface area contributed by atoms with Crippen LogP contribution in [0.15, 0.2) is 30.3 Å². The molecule has 1 fully saturated rings. The molecule has 19 heavy (non-hydrogen) atoms. The highest BCUT2D eigenvalue weighted by molar-refractivity contribution is 7.89. The third-order valence-corrected chi connectivity index (χ3v) is 4.87. The topological polar surface area (TPSA) is 55.4 Å². The lowest BCUT2D eigenvalue weighted by Crippen LogP contribution is -2.35. The summed E-state index contributed by atoms with van der Waals surface area (Å²) in [4.78, 5) is 0. The van der Waals surface area contributed by atoms with E-state index in [2.05, 4.69) is 4.72 Å². The predicted octanol–water partition coefficient (Wildman–Crippen LogP) is 2.06. The maximum absolute atomic E-state index is 12.1. The third kappa shape index (κ3) is 4.45. The van der Waals surface area contributed by atoms with E-state index in [0.717, 1.165) is 18.4 Å². The first kappa shape index (κ1) is 14.8. The number of ether oxygens (including phenoxy) is 1. The van der Waals surface area contributed by atoms with Crippen LogP contribution in [-0.2, 0) is 14.8 Å². The molecule has 1 saturated heterocycles. The molecule has 0 radical (unpaired) electrons. The molecule has 2 unspecified atom stereocenters. The molecule has 6 heteroatoms. The molecule has 1 heterocycles. The molecule has 0 aliphatic carbocycles. The molecule has 1 aromatic rings. The van der Waals surface area contributed by atoms with Crippen LogP contribution in [0.5, 0.6) is 0 Å². The Hall–Kier alpha value is -0.620. The van der Waals surface area contributed by atoms with E-state index < -0.39 is 16.1 Å². The van der Waals surface area contributed by atoms with Gasteiger partial charge in [-0.2, -0.15) is 0 Å². The second-order valence-electron chi connectivity index (χ2n) is 4.65. The summed E-state index contributed by atoms with van der Waals surface area (Å²) in [6, 6.07) is 8.94. The monoisotopic (exact) mass is 303 g/mol. The number of benzene rings is 1. The summed E-state index contributed by atoms with van der Waals surface area (Å²) in [7, 11) is -3.38. The fourth-order valence-electron chi connectivity index (χ4n) is 2.16. The Morgan fingerprint density at radius 1 is 1.37 bits per heavy atom. The third-order valence-electron chi connectivity index (χ3n) is 3.11. The highest BCUT2D eigenvalue weighted by atomic mass is 35.5. The SMILES string of the molecule is O=S(=O)(CC1CCCO1)NC(CCl)c1ccccc1. The Kier molecular flexibility index (Phi) is 5.21. The van der Waals surface area contributed by atoms with Gasteiger partial charge in [0.05, 0.1) is 17.9 Å². The van der Waals surface area contributed by atoms with Crippen molar-refractivity contribution in [1.82, 2.24) is 4.72 Å². The number of halogens is 1. The zero-order valence-electron chi connectivity index (χ0n) is 10.6. The molecule has 0 aromatic heterocycles. The average molecular weight is 304 g/mol. The van der Waals surface area contributed by atoms with Crippen LogP contribution in [-0.4, -0.2) is 32.8 Å². The Labute approximate surface area is 119 Å². The summed E-state index contributed by atoms with van der Waals surface area (Å²) < 4.78 is 32.2. The van der Waals surface area contributed by atoms with E-state index in [1.807, 2.05) is 30.3 Å². The molecular weight excluding hydrogens is 286 g/mol. The first-order valence-corrected chi connectivity index (χ1v) is 8.52. The molecule has 2 atom stereocenters. The van der Waals surface area contributed by atoms with Crippen molar-refractivity contribution < 1.29 is 13.2 Å². The molecule has 1 N–H and O–H groups in total. The van der Waals surface area contributed by atoms with Crippen LogP contribution in [0.4, 0.5) is 0 Å². The first-order chi connectivity index (χ1) is 9.11. The summed E-state index contributed by atoms with van der Waals surface area (Å²) in [5.74, 6) is 0.210. The lowest BCUT2D eigenvalue weighted by molar-refractivity contribution is 0.127. The van der Waals surface area contributed by atoms with Crippen LogP contribution in [0.2, 0.25) is 0 Å². The van der Waals surface area contributed by atoms with Gasteiger partial charge in [-0.15, -0.1) is 11.6 Å². The van der Waals surface area contributed by atoms with Gasteiger partial charge >= 0.3 is 0 Å². The molecule has 1 aromatic carbocycles. The Bertz CT molecular complexity index is 486. The van der Waals surface area contributed by atoms with Gasteiger partial charge in [-0.1, -0.05) is 30.3 Å². The zero-order chi connectivity index (χ0) is 13.7. The maximum Gasteiger partial charge on any atom is 0.214 e. The standard InChI is InChI=1S/C13H18ClNO3S/c14-9-13(11-5-2-1-3-6-11)15-19(16,17)10-12-7-4-8-18-12/h1-3,5-6,12-13,15H,4,7-10H2. The van der Waals surface area contributed by atoms with Crippen molar-refractivity contribution in [2.45, 2.75) is 25.0 Å². The number of hydrogen-bond donors (Lipinski definition) is 1. The lowest BCUT2D eigenvalue weighted by Gasteiger charge is -2.18. The number of rotatable bonds is 6. The van der Waals surface area contributed by atoms with Gasteiger partial charge in [-0.3, -0.25) is 0 Å². The van der Waals surface area contributed by atoms with Crippen LogP contribution in [0.25, 0.3) is 0 Å². The van der Waals surface area contributed by atoms with E-state index in [4.69, 9.17) is 16.3 Å². The van der Waals surface area contributed by atoms with Crippen molar-refractivity contribution in [3.63, 3.8) is 0 Å². The minimum Gasteiger partial charge on any atom is -0.377 e. The Morgan fingerprint density at radius 3 is 2.68 bits per heavy atom. The molecule has 0 saturated carbocycles. The largest absolute Gasteiger partial charge is 0.377 e. The van der Waals surface area contributed by atoms with Crippen molar-refractivity contribution in [3.05, 3.63) is 35.9 Å². The van der Waals surface area contributed by atoms with Crippen LogP contribution >= 0.6 is 11.6 Å². The van der Waals surface area contributed by atoms with E-state index in [9.17, 15) is 8.42 Å². The minimum atomic E-state index is -3.38. The van der Waals surface area contributed by atoms with E-state index in [-0.39, 0.29) is 17.7 Å². The predicted molar refractivity (Wildman–Crippen MR) is 75.8 cm³/mol. The van der Waals surface area contributed by atoms with Gasteiger partial charge in [0.1, 0.15) is 0 Å². The summed E-state index contributed by atoms with van der Waals surface area (Å²) in [5.41, 5.74) is 0.869. The molecule has 106 valence electrons. The maximum atomic E-state index is 12.1. The van der Waals surface area contributed by atoms with Crippen LogP contribution in [0, 0.1) is 0 Å². The van der Waals surface area contributed by atoms with E-state index in [1.54, 1.807) is 0 Å². The fourth-order valence-corrected chi connectivity index (χ4v) is 4.01. The Balaban J connectivity index is 2.00.